The molecule has 1 unspecified atom stereocenters. The Balaban J connectivity index is 2.66. The Labute approximate surface area is 114 Å². The van der Waals surface area contributed by atoms with Crippen LogP contribution in [-0.4, -0.2) is 47.9 Å². The van der Waals surface area contributed by atoms with Crippen LogP contribution >= 0.6 is 23.4 Å². The van der Waals surface area contributed by atoms with Gasteiger partial charge < -0.3 is 0 Å². The highest BCUT2D eigenvalue weighted by Gasteiger charge is 2.30. The molecule has 1 aliphatic heterocycles. The third-order valence-electron chi connectivity index (χ3n) is 2.95. The van der Waals surface area contributed by atoms with Crippen LogP contribution in [0.1, 0.15) is 27.2 Å². The van der Waals surface area contributed by atoms with Gasteiger partial charge in [0.2, 0.25) is 10.0 Å². The first-order chi connectivity index (χ1) is 7.77. The Hall–Kier alpha value is 0.550. The summed E-state index contributed by atoms with van der Waals surface area (Å²) in [7, 11) is -3.13. The van der Waals surface area contributed by atoms with Crippen molar-refractivity contribution in [1.82, 2.24) is 4.31 Å². The molecule has 102 valence electrons. The molecule has 0 aliphatic carbocycles. The molecule has 0 aromatic carbocycles. The summed E-state index contributed by atoms with van der Waals surface area (Å²) in [6.07, 6.45) is 0.909. The number of hydrogen-bond donors (Lipinski definition) is 0. The average Bonchev–Trinajstić information content (AvgIpc) is 2.38. The number of thioether (sulfide) groups is 1. The summed E-state index contributed by atoms with van der Waals surface area (Å²) in [5.41, 5.74) is 0. The van der Waals surface area contributed by atoms with E-state index >= 15 is 0 Å². The smallest absolute Gasteiger partial charge is 0.212 e. The van der Waals surface area contributed by atoms with E-state index in [-0.39, 0.29) is 16.4 Å². The first kappa shape index (κ1) is 15.6. The molecular formula is C11H22ClNO2S2. The number of halogens is 1. The van der Waals surface area contributed by atoms with Crippen LogP contribution in [-0.2, 0) is 10.0 Å². The molecule has 1 fully saturated rings. The van der Waals surface area contributed by atoms with Crippen molar-refractivity contribution in [1.29, 1.82) is 0 Å². The van der Waals surface area contributed by atoms with Crippen LogP contribution in [0.25, 0.3) is 0 Å². The van der Waals surface area contributed by atoms with Crippen molar-refractivity contribution in [3.8, 4) is 0 Å². The maximum atomic E-state index is 12.2. The lowest BCUT2D eigenvalue weighted by atomic mass is 10.1. The number of rotatable bonds is 4. The van der Waals surface area contributed by atoms with Crippen LogP contribution in [0.3, 0.4) is 0 Å². The van der Waals surface area contributed by atoms with Crippen LogP contribution in [0, 0.1) is 5.92 Å². The first-order valence-electron chi connectivity index (χ1n) is 5.94. The van der Waals surface area contributed by atoms with Crippen LogP contribution < -0.4 is 0 Å². The topological polar surface area (TPSA) is 37.4 Å². The van der Waals surface area contributed by atoms with Crippen LogP contribution in [0.15, 0.2) is 0 Å². The molecule has 0 amide bonds. The molecule has 0 bridgehead atoms. The molecule has 1 aliphatic rings. The zero-order valence-corrected chi connectivity index (χ0v) is 13.2. The normalized spacial score (nSPS) is 24.2. The summed E-state index contributed by atoms with van der Waals surface area (Å²) >= 11 is 7.54. The maximum Gasteiger partial charge on any atom is 0.214 e. The van der Waals surface area contributed by atoms with Gasteiger partial charge in [-0.05, 0) is 12.3 Å². The van der Waals surface area contributed by atoms with Gasteiger partial charge in [0.1, 0.15) is 0 Å². The molecule has 0 N–H and O–H groups in total. The van der Waals surface area contributed by atoms with Gasteiger partial charge in [-0.3, -0.25) is 0 Å². The lowest BCUT2D eigenvalue weighted by Gasteiger charge is -2.23. The molecular weight excluding hydrogens is 278 g/mol. The SMILES string of the molecule is CC(CCl)CS(=O)(=O)N1CCSC(C)(C)CC1. The van der Waals surface area contributed by atoms with Crippen molar-refractivity contribution in [3.05, 3.63) is 0 Å². The fourth-order valence-corrected chi connectivity index (χ4v) is 5.03. The fraction of sp³-hybridized carbons (Fsp3) is 1.00. The predicted octanol–water partition coefficient (Wildman–Crippen LogP) is 2.41. The predicted molar refractivity (Wildman–Crippen MR) is 76.4 cm³/mol. The number of sulfonamides is 1. The van der Waals surface area contributed by atoms with E-state index in [1.807, 2.05) is 18.7 Å². The van der Waals surface area contributed by atoms with E-state index in [4.69, 9.17) is 11.6 Å². The Morgan fingerprint density at radius 1 is 1.41 bits per heavy atom. The molecule has 0 aromatic heterocycles. The zero-order chi connectivity index (χ0) is 13.1. The molecule has 6 heteroatoms. The maximum absolute atomic E-state index is 12.2. The summed E-state index contributed by atoms with van der Waals surface area (Å²) in [5, 5.41) is 0. The van der Waals surface area contributed by atoms with E-state index < -0.39 is 10.0 Å². The second kappa shape index (κ2) is 6.13. The second-order valence-electron chi connectivity index (χ2n) is 5.30. The Bertz CT molecular complexity index is 343. The van der Waals surface area contributed by atoms with Gasteiger partial charge in [0, 0.05) is 29.5 Å². The molecule has 0 radical (unpaired) electrons. The minimum absolute atomic E-state index is 0.0191. The largest absolute Gasteiger partial charge is 0.214 e. The highest BCUT2D eigenvalue weighted by Crippen LogP contribution is 2.31. The van der Waals surface area contributed by atoms with Crippen molar-refractivity contribution in [2.45, 2.75) is 31.9 Å². The number of hydrogen-bond acceptors (Lipinski definition) is 3. The quantitative estimate of drug-likeness (QED) is 0.748. The van der Waals surface area contributed by atoms with Crippen molar-refractivity contribution in [3.63, 3.8) is 0 Å². The summed E-state index contributed by atoms with van der Waals surface area (Å²) in [4.78, 5) is 0. The van der Waals surface area contributed by atoms with E-state index in [1.54, 1.807) is 4.31 Å². The monoisotopic (exact) mass is 299 g/mol. The van der Waals surface area contributed by atoms with Crippen molar-refractivity contribution >= 4 is 33.4 Å². The Kier molecular flexibility index (Phi) is 5.63. The van der Waals surface area contributed by atoms with Gasteiger partial charge in [-0.25, -0.2) is 12.7 Å². The van der Waals surface area contributed by atoms with Crippen LogP contribution in [0.4, 0.5) is 0 Å². The van der Waals surface area contributed by atoms with E-state index in [2.05, 4.69) is 13.8 Å². The first-order valence-corrected chi connectivity index (χ1v) is 9.07. The summed E-state index contributed by atoms with van der Waals surface area (Å²) in [6, 6.07) is 0. The van der Waals surface area contributed by atoms with Gasteiger partial charge in [0.05, 0.1) is 5.75 Å². The highest BCUT2D eigenvalue weighted by molar-refractivity contribution is 8.00. The molecule has 0 aromatic rings. The lowest BCUT2D eigenvalue weighted by molar-refractivity contribution is 0.411. The van der Waals surface area contributed by atoms with E-state index in [0.29, 0.717) is 19.0 Å². The summed E-state index contributed by atoms with van der Waals surface area (Å²) in [6.45, 7) is 7.49. The molecule has 1 atom stereocenters. The van der Waals surface area contributed by atoms with Gasteiger partial charge in [-0.15, -0.1) is 11.6 Å². The molecule has 17 heavy (non-hydrogen) atoms. The molecule has 3 nitrogen and oxygen atoms in total. The summed E-state index contributed by atoms with van der Waals surface area (Å²) in [5.74, 6) is 1.46. The van der Waals surface area contributed by atoms with Crippen molar-refractivity contribution in [2.24, 2.45) is 5.92 Å². The van der Waals surface area contributed by atoms with E-state index in [1.165, 1.54) is 0 Å². The lowest BCUT2D eigenvalue weighted by Crippen LogP contribution is -2.37. The fourth-order valence-electron chi connectivity index (χ4n) is 1.79. The second-order valence-corrected chi connectivity index (χ2v) is 9.42. The van der Waals surface area contributed by atoms with Crippen LogP contribution in [0.5, 0.6) is 0 Å². The van der Waals surface area contributed by atoms with E-state index in [0.717, 1.165) is 12.2 Å². The van der Waals surface area contributed by atoms with Crippen LogP contribution in [0.2, 0.25) is 0 Å². The molecule has 1 heterocycles. The number of nitrogens with zero attached hydrogens (tertiary/aromatic N) is 1. The standard InChI is InChI=1S/C11H22ClNO2S2/c1-10(8-12)9-17(14,15)13-5-4-11(2,3)16-7-6-13/h10H,4-9H2,1-3H3. The Morgan fingerprint density at radius 2 is 2.06 bits per heavy atom. The van der Waals surface area contributed by atoms with Crippen molar-refractivity contribution in [2.75, 3.05) is 30.5 Å². The zero-order valence-electron chi connectivity index (χ0n) is 10.8. The van der Waals surface area contributed by atoms with Gasteiger partial charge in [-0.1, -0.05) is 20.8 Å². The van der Waals surface area contributed by atoms with Gasteiger partial charge in [-0.2, -0.15) is 11.8 Å². The number of alkyl halides is 1. The minimum atomic E-state index is -3.13. The molecule has 1 saturated heterocycles. The third-order valence-corrected chi connectivity index (χ3v) is 6.99. The Morgan fingerprint density at radius 3 is 2.65 bits per heavy atom. The summed E-state index contributed by atoms with van der Waals surface area (Å²) < 4.78 is 26.2. The molecule has 0 spiro atoms. The molecule has 0 saturated carbocycles. The van der Waals surface area contributed by atoms with Crippen molar-refractivity contribution < 1.29 is 8.42 Å². The van der Waals surface area contributed by atoms with Gasteiger partial charge in [0.15, 0.2) is 0 Å². The third kappa shape index (κ3) is 4.97. The van der Waals surface area contributed by atoms with E-state index in [9.17, 15) is 8.42 Å². The molecule has 1 rings (SSSR count). The highest BCUT2D eigenvalue weighted by atomic mass is 35.5. The average molecular weight is 300 g/mol. The van der Waals surface area contributed by atoms with Gasteiger partial charge in [0.25, 0.3) is 0 Å². The minimum Gasteiger partial charge on any atom is -0.212 e. The van der Waals surface area contributed by atoms with Gasteiger partial charge >= 0.3 is 0 Å².